The maximum absolute atomic E-state index is 14.3. The number of ketones is 1. The summed E-state index contributed by atoms with van der Waals surface area (Å²) in [5, 5.41) is 0. The van der Waals surface area contributed by atoms with Crippen LogP contribution in [-0.2, 0) is 27.3 Å². The molecule has 10 heteroatoms. The van der Waals surface area contributed by atoms with E-state index in [4.69, 9.17) is 13.9 Å². The highest BCUT2D eigenvalue weighted by atomic mass is 19.3. The van der Waals surface area contributed by atoms with Crippen molar-refractivity contribution in [2.24, 2.45) is 5.92 Å². The van der Waals surface area contributed by atoms with Crippen LogP contribution in [0.5, 0.6) is 5.75 Å². The van der Waals surface area contributed by atoms with Crippen molar-refractivity contribution in [2.75, 3.05) is 7.11 Å². The van der Waals surface area contributed by atoms with E-state index >= 15 is 0 Å². The van der Waals surface area contributed by atoms with Crippen LogP contribution in [0.25, 0.3) is 11.5 Å². The van der Waals surface area contributed by atoms with Gasteiger partial charge in [-0.25, -0.2) is 4.98 Å². The third-order valence-corrected chi connectivity index (χ3v) is 5.58. The standard InChI is InChI=1S/C28H24F2N2O6/c1-18-8-7-13-31-24(18)25(33)23(27(34)35-2)15-21-17-36-26(32-21)20-11-6-12-22(14-20)38-28(29,30)37-16-19-9-4-3-5-10-19/h3-14,17,23H,15-16H2,1-2H3. The Morgan fingerprint density at radius 2 is 1.84 bits per heavy atom. The average molecular weight is 523 g/mol. The lowest BCUT2D eigenvalue weighted by molar-refractivity contribution is -0.358. The molecule has 0 N–H and O–H groups in total. The minimum Gasteiger partial charge on any atom is -0.468 e. The van der Waals surface area contributed by atoms with Crippen LogP contribution in [0.3, 0.4) is 0 Å². The molecule has 0 fully saturated rings. The summed E-state index contributed by atoms with van der Waals surface area (Å²) >= 11 is 0. The summed E-state index contributed by atoms with van der Waals surface area (Å²) in [5.74, 6) is -2.52. The number of Topliss-reactive ketones (excluding diaryl/α,β-unsaturated/α-hetero) is 1. The number of benzene rings is 2. The van der Waals surface area contributed by atoms with Gasteiger partial charge in [0.25, 0.3) is 0 Å². The number of alkyl halides is 2. The monoisotopic (exact) mass is 522 g/mol. The third-order valence-electron chi connectivity index (χ3n) is 5.58. The minimum atomic E-state index is -3.88. The van der Waals surface area contributed by atoms with E-state index in [-0.39, 0.29) is 30.4 Å². The van der Waals surface area contributed by atoms with Crippen molar-refractivity contribution in [3.63, 3.8) is 0 Å². The molecular weight excluding hydrogens is 498 g/mol. The third kappa shape index (κ3) is 6.65. The molecule has 0 radical (unpaired) electrons. The Kier molecular flexibility index (Phi) is 8.22. The van der Waals surface area contributed by atoms with Crippen LogP contribution in [0.1, 0.15) is 27.3 Å². The molecule has 0 saturated carbocycles. The first kappa shape index (κ1) is 26.6. The van der Waals surface area contributed by atoms with Gasteiger partial charge >= 0.3 is 12.3 Å². The Morgan fingerprint density at radius 3 is 2.58 bits per heavy atom. The molecule has 0 aliphatic rings. The molecule has 38 heavy (non-hydrogen) atoms. The predicted molar refractivity (Wildman–Crippen MR) is 131 cm³/mol. The molecule has 196 valence electrons. The Hall–Kier alpha value is -4.44. The Labute approximate surface area is 217 Å². The molecular formula is C28H24F2N2O6. The van der Waals surface area contributed by atoms with E-state index in [2.05, 4.69) is 14.7 Å². The molecule has 2 heterocycles. The highest BCUT2D eigenvalue weighted by molar-refractivity contribution is 6.08. The first-order valence-electron chi connectivity index (χ1n) is 11.6. The van der Waals surface area contributed by atoms with Gasteiger partial charge in [-0.1, -0.05) is 42.5 Å². The van der Waals surface area contributed by atoms with Crippen LogP contribution >= 0.6 is 0 Å². The summed E-state index contributed by atoms with van der Waals surface area (Å²) in [4.78, 5) is 33.9. The molecule has 0 spiro atoms. The first-order chi connectivity index (χ1) is 18.3. The molecule has 4 rings (SSSR count). The lowest BCUT2D eigenvalue weighted by atomic mass is 9.94. The molecule has 1 atom stereocenters. The molecule has 2 aromatic carbocycles. The van der Waals surface area contributed by atoms with Crippen LogP contribution in [-0.4, -0.2) is 35.1 Å². The highest BCUT2D eigenvalue weighted by Crippen LogP contribution is 2.29. The van der Waals surface area contributed by atoms with Gasteiger partial charge in [0.05, 0.1) is 19.4 Å². The zero-order chi connectivity index (χ0) is 27.1. The van der Waals surface area contributed by atoms with E-state index < -0.39 is 24.0 Å². The summed E-state index contributed by atoms with van der Waals surface area (Å²) in [7, 11) is 1.19. The SMILES string of the molecule is COC(=O)C(Cc1coc(-c2cccc(OC(F)(F)OCc3ccccc3)c2)n1)C(=O)c1ncccc1C. The number of pyridine rings is 1. The van der Waals surface area contributed by atoms with Crippen molar-refractivity contribution >= 4 is 11.8 Å². The fraction of sp³-hybridized carbons (Fsp3) is 0.214. The van der Waals surface area contributed by atoms with Gasteiger partial charge < -0.3 is 13.9 Å². The molecule has 2 aromatic heterocycles. The largest absolute Gasteiger partial charge is 0.535 e. The van der Waals surface area contributed by atoms with E-state index in [1.807, 2.05) is 0 Å². The smallest absolute Gasteiger partial charge is 0.468 e. The van der Waals surface area contributed by atoms with E-state index in [1.54, 1.807) is 55.5 Å². The van der Waals surface area contributed by atoms with Gasteiger partial charge in [-0.3, -0.25) is 19.3 Å². The number of methoxy groups -OCH3 is 1. The fourth-order valence-corrected chi connectivity index (χ4v) is 3.68. The normalized spacial score (nSPS) is 12.1. The van der Waals surface area contributed by atoms with Crippen molar-refractivity contribution in [3.8, 4) is 17.2 Å². The second-order valence-corrected chi connectivity index (χ2v) is 8.32. The van der Waals surface area contributed by atoms with Crippen LogP contribution in [0, 0.1) is 12.8 Å². The highest BCUT2D eigenvalue weighted by Gasteiger charge is 2.34. The van der Waals surface area contributed by atoms with Gasteiger partial charge in [-0.15, -0.1) is 8.78 Å². The summed E-state index contributed by atoms with van der Waals surface area (Å²) in [5.41, 5.74) is 1.98. The molecule has 0 aliphatic carbocycles. The van der Waals surface area contributed by atoms with Gasteiger partial charge in [-0.2, -0.15) is 0 Å². The molecule has 1 unspecified atom stereocenters. The number of rotatable bonds is 11. The maximum Gasteiger partial charge on any atom is 0.535 e. The summed E-state index contributed by atoms with van der Waals surface area (Å²) in [6.45, 7) is 1.38. The Bertz CT molecular complexity index is 1410. The average Bonchev–Trinajstić information content (AvgIpc) is 3.39. The lowest BCUT2D eigenvalue weighted by Gasteiger charge is -2.17. The second-order valence-electron chi connectivity index (χ2n) is 8.32. The van der Waals surface area contributed by atoms with Gasteiger partial charge in [0, 0.05) is 18.2 Å². The quantitative estimate of drug-likeness (QED) is 0.112. The summed E-state index contributed by atoms with van der Waals surface area (Å²) in [6, 6.07) is 17.7. The van der Waals surface area contributed by atoms with Crippen LogP contribution < -0.4 is 4.74 Å². The number of halogens is 2. The van der Waals surface area contributed by atoms with Crippen LogP contribution in [0.4, 0.5) is 8.78 Å². The molecule has 0 aliphatic heterocycles. The Morgan fingerprint density at radius 1 is 1.05 bits per heavy atom. The molecule has 8 nitrogen and oxygen atoms in total. The molecule has 0 bridgehead atoms. The van der Waals surface area contributed by atoms with E-state index in [9.17, 15) is 18.4 Å². The van der Waals surface area contributed by atoms with Gasteiger partial charge in [0.2, 0.25) is 5.89 Å². The number of carbonyl (C=O) groups is 2. The number of oxazole rings is 1. The van der Waals surface area contributed by atoms with Crippen molar-refractivity contribution in [3.05, 3.63) is 102 Å². The summed E-state index contributed by atoms with van der Waals surface area (Å²) < 4.78 is 48.2. The first-order valence-corrected chi connectivity index (χ1v) is 11.6. The van der Waals surface area contributed by atoms with Crippen molar-refractivity contribution in [1.29, 1.82) is 0 Å². The number of esters is 1. The van der Waals surface area contributed by atoms with Crippen LogP contribution in [0.15, 0.2) is 83.6 Å². The number of carbonyl (C=O) groups excluding carboxylic acids is 2. The van der Waals surface area contributed by atoms with Gasteiger partial charge in [-0.05, 0) is 42.3 Å². The zero-order valence-electron chi connectivity index (χ0n) is 20.6. The van der Waals surface area contributed by atoms with Crippen molar-refractivity contribution in [2.45, 2.75) is 26.2 Å². The predicted octanol–water partition coefficient (Wildman–Crippen LogP) is 5.41. The minimum absolute atomic E-state index is 0.0871. The molecule has 0 amide bonds. The van der Waals surface area contributed by atoms with E-state index in [0.717, 1.165) is 0 Å². The van der Waals surface area contributed by atoms with E-state index in [0.29, 0.717) is 22.4 Å². The summed E-state index contributed by atoms with van der Waals surface area (Å²) in [6.07, 6.45) is -1.23. The molecule has 0 saturated heterocycles. The van der Waals surface area contributed by atoms with Crippen molar-refractivity contribution < 1.29 is 37.0 Å². The van der Waals surface area contributed by atoms with Crippen molar-refractivity contribution in [1.82, 2.24) is 9.97 Å². The second kappa shape index (κ2) is 11.7. The fourth-order valence-electron chi connectivity index (χ4n) is 3.68. The number of aromatic nitrogens is 2. The van der Waals surface area contributed by atoms with Gasteiger partial charge in [0.1, 0.15) is 23.6 Å². The number of ether oxygens (including phenoxy) is 3. The molecule has 4 aromatic rings. The number of hydrogen-bond acceptors (Lipinski definition) is 8. The van der Waals surface area contributed by atoms with E-state index in [1.165, 1.54) is 37.8 Å². The zero-order valence-corrected chi connectivity index (χ0v) is 20.6. The van der Waals surface area contributed by atoms with Gasteiger partial charge in [0.15, 0.2) is 5.78 Å². The van der Waals surface area contributed by atoms with Crippen LogP contribution in [0.2, 0.25) is 0 Å². The lowest BCUT2D eigenvalue weighted by Crippen LogP contribution is -2.29. The topological polar surface area (TPSA) is 101 Å². The number of hydrogen-bond donors (Lipinski definition) is 0. The number of aryl methyl sites for hydroxylation is 1. The number of nitrogens with zero attached hydrogens (tertiary/aromatic N) is 2. The maximum atomic E-state index is 14.3. The Balaban J connectivity index is 1.47.